The van der Waals surface area contributed by atoms with Crippen LogP contribution in [0.5, 0.6) is 0 Å². The number of likely N-dealkylation sites (N-methyl/N-ethyl adjacent to an activating group) is 1. The second kappa shape index (κ2) is 6.77. The van der Waals surface area contributed by atoms with E-state index in [0.717, 1.165) is 5.56 Å². The maximum atomic E-state index is 12.1. The van der Waals surface area contributed by atoms with E-state index >= 15 is 0 Å². The van der Waals surface area contributed by atoms with E-state index in [1.165, 1.54) is 18.7 Å². The lowest BCUT2D eigenvalue weighted by molar-refractivity contribution is -0.133. The molecule has 0 aromatic heterocycles. The lowest BCUT2D eigenvalue weighted by atomic mass is 10.1. The highest BCUT2D eigenvalue weighted by atomic mass is 35.5. The van der Waals surface area contributed by atoms with Crippen LogP contribution in [0.15, 0.2) is 29.3 Å². The quantitative estimate of drug-likeness (QED) is 0.867. The van der Waals surface area contributed by atoms with Gasteiger partial charge in [0.15, 0.2) is 0 Å². The topological polar surface area (TPSA) is 57.6 Å². The molecule has 0 heterocycles. The van der Waals surface area contributed by atoms with Crippen molar-refractivity contribution in [2.75, 3.05) is 7.05 Å². The van der Waals surface area contributed by atoms with Gasteiger partial charge < -0.3 is 10.0 Å². The smallest absolute Gasteiger partial charge is 0.331 e. The molecule has 0 aliphatic heterocycles. The number of carboxylic acids is 1. The van der Waals surface area contributed by atoms with Gasteiger partial charge >= 0.3 is 5.97 Å². The summed E-state index contributed by atoms with van der Waals surface area (Å²) >= 11 is 11.8. The molecule has 0 aliphatic rings. The van der Waals surface area contributed by atoms with E-state index in [1.807, 2.05) is 0 Å². The van der Waals surface area contributed by atoms with Crippen molar-refractivity contribution < 1.29 is 14.7 Å². The van der Waals surface area contributed by atoms with Crippen LogP contribution in [0.3, 0.4) is 0 Å². The van der Waals surface area contributed by atoms with Crippen LogP contribution in [0.2, 0.25) is 10.0 Å². The Hall–Kier alpha value is -1.52. The minimum absolute atomic E-state index is 0.0333. The average molecular weight is 316 g/mol. The standard InChI is InChI=1S/C14H15Cl2NO3/c1-8(9(2)14(19)20)13(18)17(3)7-10-4-11(15)6-12(16)5-10/h4-6H,7H2,1-3H3,(H,19,20). The fraction of sp³-hybridized carbons (Fsp3) is 0.286. The second-order valence-electron chi connectivity index (χ2n) is 4.49. The van der Waals surface area contributed by atoms with Crippen molar-refractivity contribution in [2.24, 2.45) is 0 Å². The number of rotatable bonds is 4. The Morgan fingerprint density at radius 1 is 1.10 bits per heavy atom. The lowest BCUT2D eigenvalue weighted by Crippen LogP contribution is -2.28. The molecule has 0 spiro atoms. The maximum absolute atomic E-state index is 12.1. The molecule has 1 rings (SSSR count). The summed E-state index contributed by atoms with van der Waals surface area (Å²) in [5.74, 6) is -1.45. The number of carboxylic acid groups (broad SMARTS) is 1. The molecule has 0 atom stereocenters. The second-order valence-corrected chi connectivity index (χ2v) is 5.37. The van der Waals surface area contributed by atoms with Crippen molar-refractivity contribution in [3.05, 3.63) is 45.0 Å². The first-order chi connectivity index (χ1) is 9.22. The van der Waals surface area contributed by atoms with Crippen LogP contribution in [0.25, 0.3) is 0 Å². The van der Waals surface area contributed by atoms with E-state index in [1.54, 1.807) is 25.2 Å². The van der Waals surface area contributed by atoms with Gasteiger partial charge in [0.1, 0.15) is 0 Å². The number of carbonyl (C=O) groups is 2. The molecule has 0 fully saturated rings. The van der Waals surface area contributed by atoms with E-state index in [4.69, 9.17) is 28.3 Å². The van der Waals surface area contributed by atoms with Gasteiger partial charge in [0, 0.05) is 34.8 Å². The van der Waals surface area contributed by atoms with Crippen molar-refractivity contribution in [3.63, 3.8) is 0 Å². The van der Waals surface area contributed by atoms with Gasteiger partial charge in [-0.2, -0.15) is 0 Å². The normalized spacial score (nSPS) is 11.8. The van der Waals surface area contributed by atoms with Crippen molar-refractivity contribution in [1.29, 1.82) is 0 Å². The number of nitrogens with zero attached hydrogens (tertiary/aromatic N) is 1. The van der Waals surface area contributed by atoms with Crippen molar-refractivity contribution in [3.8, 4) is 0 Å². The van der Waals surface area contributed by atoms with Gasteiger partial charge in [0.2, 0.25) is 5.91 Å². The summed E-state index contributed by atoms with van der Waals surface area (Å²) in [4.78, 5) is 24.4. The molecule has 0 saturated carbocycles. The summed E-state index contributed by atoms with van der Waals surface area (Å²) in [7, 11) is 1.59. The van der Waals surface area contributed by atoms with Gasteiger partial charge in [-0.25, -0.2) is 4.79 Å². The Labute approximate surface area is 127 Å². The molecule has 0 saturated heterocycles. The van der Waals surface area contributed by atoms with Crippen molar-refractivity contribution in [2.45, 2.75) is 20.4 Å². The maximum Gasteiger partial charge on any atom is 0.331 e. The highest BCUT2D eigenvalue weighted by molar-refractivity contribution is 6.34. The number of hydrogen-bond acceptors (Lipinski definition) is 2. The molecule has 0 radical (unpaired) electrons. The summed E-state index contributed by atoms with van der Waals surface area (Å²) in [6.07, 6.45) is 0. The van der Waals surface area contributed by atoms with Crippen molar-refractivity contribution in [1.82, 2.24) is 4.90 Å². The largest absolute Gasteiger partial charge is 0.478 e. The number of amides is 1. The number of hydrogen-bond donors (Lipinski definition) is 1. The van der Waals surface area contributed by atoms with Crippen LogP contribution in [-0.2, 0) is 16.1 Å². The molecule has 0 aliphatic carbocycles. The van der Waals surface area contributed by atoms with E-state index in [-0.39, 0.29) is 17.1 Å². The monoisotopic (exact) mass is 315 g/mol. The Balaban J connectivity index is 2.91. The van der Waals surface area contributed by atoms with E-state index in [9.17, 15) is 9.59 Å². The molecule has 1 N–H and O–H groups in total. The first-order valence-electron chi connectivity index (χ1n) is 5.83. The summed E-state index contributed by atoms with van der Waals surface area (Å²) in [6, 6.07) is 5.02. The molecule has 0 bridgehead atoms. The minimum atomic E-state index is -1.10. The summed E-state index contributed by atoms with van der Waals surface area (Å²) in [5.41, 5.74) is 1.01. The zero-order valence-corrected chi connectivity index (χ0v) is 12.9. The van der Waals surface area contributed by atoms with Crippen LogP contribution in [0.4, 0.5) is 0 Å². The van der Waals surface area contributed by atoms with Crippen LogP contribution in [0, 0.1) is 0 Å². The molecule has 0 unspecified atom stereocenters. The molecule has 20 heavy (non-hydrogen) atoms. The fourth-order valence-electron chi connectivity index (χ4n) is 1.65. The van der Waals surface area contributed by atoms with Gasteiger partial charge in [-0.05, 0) is 37.6 Å². The summed E-state index contributed by atoms with van der Waals surface area (Å²) < 4.78 is 0. The van der Waals surface area contributed by atoms with Gasteiger partial charge in [0.05, 0.1) is 0 Å². The minimum Gasteiger partial charge on any atom is -0.478 e. The van der Waals surface area contributed by atoms with Gasteiger partial charge in [-0.1, -0.05) is 23.2 Å². The molecule has 108 valence electrons. The van der Waals surface area contributed by atoms with Crippen LogP contribution < -0.4 is 0 Å². The zero-order chi connectivity index (χ0) is 15.4. The fourth-order valence-corrected chi connectivity index (χ4v) is 2.23. The van der Waals surface area contributed by atoms with Gasteiger partial charge in [0.25, 0.3) is 0 Å². The van der Waals surface area contributed by atoms with Crippen LogP contribution in [0.1, 0.15) is 19.4 Å². The first kappa shape index (κ1) is 16.5. The Kier molecular flexibility index (Phi) is 5.60. The third-order valence-corrected chi connectivity index (χ3v) is 3.33. The molecule has 1 amide bonds. The van der Waals surface area contributed by atoms with Gasteiger partial charge in [-0.3, -0.25) is 4.79 Å². The Morgan fingerprint density at radius 2 is 1.60 bits per heavy atom. The number of halogens is 2. The number of aliphatic carboxylic acids is 1. The highest BCUT2D eigenvalue weighted by Gasteiger charge is 2.17. The Morgan fingerprint density at radius 3 is 2.05 bits per heavy atom. The van der Waals surface area contributed by atoms with Crippen LogP contribution in [-0.4, -0.2) is 28.9 Å². The number of benzene rings is 1. The lowest BCUT2D eigenvalue weighted by Gasteiger charge is -2.18. The highest BCUT2D eigenvalue weighted by Crippen LogP contribution is 2.20. The molecular weight excluding hydrogens is 301 g/mol. The molecule has 4 nitrogen and oxygen atoms in total. The molecular formula is C14H15Cl2NO3. The zero-order valence-electron chi connectivity index (χ0n) is 11.4. The third kappa shape index (κ3) is 4.25. The molecule has 1 aromatic rings. The molecule has 1 aromatic carbocycles. The SMILES string of the molecule is CC(C(=O)O)=C(C)C(=O)N(C)Cc1cc(Cl)cc(Cl)c1. The summed E-state index contributed by atoms with van der Waals surface area (Å²) in [6.45, 7) is 3.19. The summed E-state index contributed by atoms with van der Waals surface area (Å²) in [5, 5.41) is 9.86. The Bertz CT molecular complexity index is 562. The number of carbonyl (C=O) groups excluding carboxylic acids is 1. The van der Waals surface area contributed by atoms with E-state index in [0.29, 0.717) is 16.6 Å². The van der Waals surface area contributed by atoms with Crippen molar-refractivity contribution >= 4 is 35.1 Å². The van der Waals surface area contributed by atoms with Crippen LogP contribution >= 0.6 is 23.2 Å². The molecule has 6 heteroatoms. The van der Waals surface area contributed by atoms with E-state index in [2.05, 4.69) is 0 Å². The van der Waals surface area contributed by atoms with E-state index < -0.39 is 5.97 Å². The first-order valence-corrected chi connectivity index (χ1v) is 6.59. The van der Waals surface area contributed by atoms with Gasteiger partial charge in [-0.15, -0.1) is 0 Å². The predicted octanol–water partition coefficient (Wildman–Crippen LogP) is 3.37. The third-order valence-electron chi connectivity index (χ3n) is 2.89. The average Bonchev–Trinajstić information content (AvgIpc) is 2.34. The predicted molar refractivity (Wildman–Crippen MR) is 78.9 cm³/mol.